The van der Waals surface area contributed by atoms with Crippen LogP contribution in [-0.2, 0) is 11.3 Å². The maximum absolute atomic E-state index is 13.3. The smallest absolute Gasteiger partial charge is 0.306 e. The molecule has 26 heavy (non-hydrogen) atoms. The predicted molar refractivity (Wildman–Crippen MR) is 96.2 cm³/mol. The predicted octanol–water partition coefficient (Wildman–Crippen LogP) is 3.44. The van der Waals surface area contributed by atoms with Crippen molar-refractivity contribution in [3.05, 3.63) is 60.2 Å². The number of aliphatic carboxylic acids is 1. The minimum absolute atomic E-state index is 0.245. The van der Waals surface area contributed by atoms with Gasteiger partial charge in [-0.15, -0.1) is 0 Å². The van der Waals surface area contributed by atoms with Crippen LogP contribution in [-0.4, -0.2) is 38.4 Å². The fourth-order valence-corrected chi connectivity index (χ4v) is 3.59. The van der Waals surface area contributed by atoms with Gasteiger partial charge in [0.1, 0.15) is 11.5 Å². The Bertz CT molecular complexity index is 928. The maximum Gasteiger partial charge on any atom is 0.306 e. The minimum Gasteiger partial charge on any atom is -0.481 e. The number of hydrogen-bond donors (Lipinski definition) is 1. The Hall–Kier alpha value is -2.73. The van der Waals surface area contributed by atoms with E-state index >= 15 is 0 Å². The zero-order valence-electron chi connectivity index (χ0n) is 14.3. The van der Waals surface area contributed by atoms with Crippen molar-refractivity contribution in [2.75, 3.05) is 13.1 Å². The van der Waals surface area contributed by atoms with Crippen molar-refractivity contribution in [1.82, 2.24) is 14.3 Å². The summed E-state index contributed by atoms with van der Waals surface area (Å²) in [5.41, 5.74) is 3.62. The molecule has 0 saturated carbocycles. The zero-order valence-corrected chi connectivity index (χ0v) is 14.3. The summed E-state index contributed by atoms with van der Waals surface area (Å²) in [6, 6.07) is 12.2. The number of pyridine rings is 1. The lowest BCUT2D eigenvalue weighted by Gasteiger charge is -2.30. The zero-order chi connectivity index (χ0) is 18.1. The van der Waals surface area contributed by atoms with E-state index < -0.39 is 5.97 Å². The van der Waals surface area contributed by atoms with Crippen molar-refractivity contribution < 1.29 is 14.3 Å². The largest absolute Gasteiger partial charge is 0.481 e. The van der Waals surface area contributed by atoms with E-state index in [1.54, 1.807) is 12.1 Å². The lowest BCUT2D eigenvalue weighted by Crippen LogP contribution is -2.36. The van der Waals surface area contributed by atoms with E-state index in [0.29, 0.717) is 19.4 Å². The number of nitrogens with zero attached hydrogens (tertiary/aromatic N) is 3. The van der Waals surface area contributed by atoms with Crippen molar-refractivity contribution in [3.63, 3.8) is 0 Å². The van der Waals surface area contributed by atoms with E-state index in [0.717, 1.165) is 35.7 Å². The second-order valence-corrected chi connectivity index (χ2v) is 6.73. The summed E-state index contributed by atoms with van der Waals surface area (Å²) in [6.07, 6.45) is 3.31. The Labute approximate surface area is 150 Å². The number of carboxylic acid groups (broad SMARTS) is 1. The number of likely N-dealkylation sites (tertiary alicyclic amines) is 1. The van der Waals surface area contributed by atoms with E-state index in [1.165, 1.54) is 12.1 Å². The summed E-state index contributed by atoms with van der Waals surface area (Å²) in [7, 11) is 0. The molecular formula is C20H20FN3O2. The summed E-state index contributed by atoms with van der Waals surface area (Å²) < 4.78 is 15.4. The number of fused-ring (bicyclic) bond motifs is 1. The molecule has 0 unspecified atom stereocenters. The number of rotatable bonds is 4. The highest BCUT2D eigenvalue weighted by atomic mass is 19.1. The summed E-state index contributed by atoms with van der Waals surface area (Å²) in [5, 5.41) is 9.17. The van der Waals surface area contributed by atoms with Crippen LogP contribution in [0.4, 0.5) is 4.39 Å². The fourth-order valence-electron chi connectivity index (χ4n) is 3.59. The van der Waals surface area contributed by atoms with Crippen LogP contribution < -0.4 is 0 Å². The molecule has 1 fully saturated rings. The van der Waals surface area contributed by atoms with Gasteiger partial charge >= 0.3 is 5.97 Å². The van der Waals surface area contributed by atoms with Crippen molar-refractivity contribution in [2.24, 2.45) is 5.92 Å². The lowest BCUT2D eigenvalue weighted by molar-refractivity contribution is -0.143. The molecule has 3 heterocycles. The first kappa shape index (κ1) is 16.7. The Morgan fingerprint density at radius 2 is 1.88 bits per heavy atom. The molecule has 1 aromatic carbocycles. The first-order valence-corrected chi connectivity index (χ1v) is 8.79. The van der Waals surface area contributed by atoms with Crippen LogP contribution in [0.1, 0.15) is 18.5 Å². The van der Waals surface area contributed by atoms with Gasteiger partial charge in [-0.25, -0.2) is 9.37 Å². The van der Waals surface area contributed by atoms with Gasteiger partial charge < -0.3 is 9.51 Å². The number of carbonyl (C=O) groups is 1. The summed E-state index contributed by atoms with van der Waals surface area (Å²) in [5.74, 6) is -1.22. The highest BCUT2D eigenvalue weighted by Crippen LogP contribution is 2.27. The highest BCUT2D eigenvalue weighted by molar-refractivity contribution is 5.70. The molecule has 1 saturated heterocycles. The van der Waals surface area contributed by atoms with Crippen molar-refractivity contribution in [1.29, 1.82) is 0 Å². The Morgan fingerprint density at radius 1 is 1.15 bits per heavy atom. The number of imidazole rings is 1. The van der Waals surface area contributed by atoms with Crippen molar-refractivity contribution in [2.45, 2.75) is 19.4 Å². The minimum atomic E-state index is -0.702. The normalized spacial score (nSPS) is 16.2. The standard InChI is InChI=1S/C20H20FN3O2/c21-16-6-4-14(5-7-16)19-17(24-10-2-1-3-18(24)22-19)13-23-11-8-15(9-12-23)20(25)26/h1-7,10,15H,8-9,11-13H2,(H,25,26). The first-order chi connectivity index (χ1) is 12.6. The number of piperidine rings is 1. The summed E-state index contributed by atoms with van der Waals surface area (Å²) in [6.45, 7) is 2.18. The summed E-state index contributed by atoms with van der Waals surface area (Å²) in [4.78, 5) is 18.2. The highest BCUT2D eigenvalue weighted by Gasteiger charge is 2.26. The van der Waals surface area contributed by atoms with Gasteiger partial charge in [0.05, 0.1) is 17.3 Å². The number of hydrogen-bond acceptors (Lipinski definition) is 3. The summed E-state index contributed by atoms with van der Waals surface area (Å²) >= 11 is 0. The molecule has 1 aliphatic heterocycles. The van der Waals surface area contributed by atoms with E-state index in [4.69, 9.17) is 4.98 Å². The van der Waals surface area contributed by atoms with Gasteiger partial charge in [-0.1, -0.05) is 6.07 Å². The third kappa shape index (κ3) is 3.20. The molecule has 2 aromatic heterocycles. The van der Waals surface area contributed by atoms with Gasteiger partial charge in [0.2, 0.25) is 0 Å². The van der Waals surface area contributed by atoms with Gasteiger partial charge in [-0.2, -0.15) is 0 Å². The first-order valence-electron chi connectivity index (χ1n) is 8.79. The van der Waals surface area contributed by atoms with Gasteiger partial charge in [0.15, 0.2) is 0 Å². The number of aromatic nitrogens is 2. The number of halogens is 1. The van der Waals surface area contributed by atoms with Gasteiger partial charge in [0, 0.05) is 18.3 Å². The Balaban J connectivity index is 1.66. The number of carboxylic acids is 1. The topological polar surface area (TPSA) is 57.8 Å². The lowest BCUT2D eigenvalue weighted by atomic mass is 9.97. The molecule has 0 amide bonds. The molecule has 3 aromatic rings. The molecule has 0 radical (unpaired) electrons. The van der Waals surface area contributed by atoms with E-state index in [1.807, 2.05) is 24.4 Å². The SMILES string of the molecule is O=C(O)C1CCN(Cc2c(-c3ccc(F)cc3)nc3ccccn23)CC1. The van der Waals surface area contributed by atoms with Crippen LogP contribution in [0.3, 0.4) is 0 Å². The van der Waals surface area contributed by atoms with Crippen molar-refractivity contribution in [3.8, 4) is 11.3 Å². The van der Waals surface area contributed by atoms with Gasteiger partial charge in [0.25, 0.3) is 0 Å². The van der Waals surface area contributed by atoms with E-state index in [-0.39, 0.29) is 11.7 Å². The quantitative estimate of drug-likeness (QED) is 0.781. The maximum atomic E-state index is 13.3. The molecular weight excluding hydrogens is 333 g/mol. The van der Waals surface area contributed by atoms with Crippen LogP contribution in [0.25, 0.3) is 16.9 Å². The monoisotopic (exact) mass is 353 g/mol. The molecule has 0 spiro atoms. The van der Waals surface area contributed by atoms with Gasteiger partial charge in [-0.05, 0) is 62.3 Å². The van der Waals surface area contributed by atoms with Crippen LogP contribution in [0.15, 0.2) is 48.7 Å². The van der Waals surface area contributed by atoms with Crippen LogP contribution in [0.5, 0.6) is 0 Å². The molecule has 0 atom stereocenters. The average Bonchev–Trinajstić information content (AvgIpc) is 3.01. The Kier molecular flexibility index (Phi) is 4.42. The molecule has 0 bridgehead atoms. The van der Waals surface area contributed by atoms with Crippen molar-refractivity contribution >= 4 is 11.6 Å². The van der Waals surface area contributed by atoms with Crippen LogP contribution >= 0.6 is 0 Å². The molecule has 1 N–H and O–H groups in total. The van der Waals surface area contributed by atoms with E-state index in [2.05, 4.69) is 9.30 Å². The number of benzene rings is 1. The van der Waals surface area contributed by atoms with Crippen LogP contribution in [0.2, 0.25) is 0 Å². The second-order valence-electron chi connectivity index (χ2n) is 6.73. The second kappa shape index (κ2) is 6.88. The molecule has 4 rings (SSSR count). The Morgan fingerprint density at radius 3 is 2.58 bits per heavy atom. The molecule has 5 nitrogen and oxygen atoms in total. The third-order valence-corrected chi connectivity index (χ3v) is 5.06. The fraction of sp³-hybridized carbons (Fsp3) is 0.300. The van der Waals surface area contributed by atoms with Gasteiger partial charge in [-0.3, -0.25) is 9.69 Å². The molecule has 6 heteroatoms. The van der Waals surface area contributed by atoms with Crippen LogP contribution in [0, 0.1) is 11.7 Å². The third-order valence-electron chi connectivity index (χ3n) is 5.06. The molecule has 1 aliphatic rings. The molecule has 134 valence electrons. The van der Waals surface area contributed by atoms with E-state index in [9.17, 15) is 14.3 Å². The average molecular weight is 353 g/mol. The molecule has 0 aliphatic carbocycles.